The summed E-state index contributed by atoms with van der Waals surface area (Å²) in [5.41, 5.74) is 10.9. The Bertz CT molecular complexity index is 2320. The average molecular weight is 539 g/mol. The summed E-state index contributed by atoms with van der Waals surface area (Å²) in [4.78, 5) is 0. The first-order valence-corrected chi connectivity index (χ1v) is 15.2. The van der Waals surface area contributed by atoms with E-state index < -0.39 is 0 Å². The van der Waals surface area contributed by atoms with Crippen LogP contribution in [0.25, 0.3) is 75.1 Å². The van der Waals surface area contributed by atoms with Crippen LogP contribution >= 0.6 is 11.3 Å². The zero-order valence-electron chi connectivity index (χ0n) is 22.5. The quantitative estimate of drug-likeness (QED) is 0.205. The van der Waals surface area contributed by atoms with Crippen molar-refractivity contribution in [1.82, 2.24) is 0 Å². The van der Waals surface area contributed by atoms with Crippen LogP contribution in [0.3, 0.4) is 0 Å². The van der Waals surface area contributed by atoms with E-state index in [-0.39, 0.29) is 0 Å². The summed E-state index contributed by atoms with van der Waals surface area (Å²) in [6.07, 6.45) is 2.20. The molecule has 0 saturated heterocycles. The van der Waals surface area contributed by atoms with Crippen molar-refractivity contribution in [2.24, 2.45) is 0 Å². The smallest absolute Gasteiger partial charge is 0.0434 e. The average Bonchev–Trinajstić information content (AvgIpc) is 3.44. The van der Waals surface area contributed by atoms with Gasteiger partial charge in [0, 0.05) is 20.2 Å². The first-order chi connectivity index (χ1) is 20.3. The number of aryl methyl sites for hydroxylation is 2. The molecule has 1 aliphatic rings. The standard InChI is InChI=1S/C40H26S/c1-3-11-31-25(7-1)17-21-35-34(31)20-18-27-15-16-29(24-38(27)35)28-9-5-10-30(23-28)33-13-6-14-36-37-22-19-26-8-2-4-12-32(26)39(37)41-40(33)36/h1-17,19,21-24H,18,20H2. The van der Waals surface area contributed by atoms with E-state index in [0.717, 1.165) is 12.8 Å². The second-order valence-electron chi connectivity index (χ2n) is 11.2. The molecule has 7 aromatic carbocycles. The minimum Gasteiger partial charge on any atom is -0.134 e. The second kappa shape index (κ2) is 8.89. The SMILES string of the molecule is c1cc(-c2ccc3c(c2)-c2ccc4ccccc4c2CC3)cc(-c2cccc3c2sc2c4ccccc4ccc32)c1. The molecule has 0 bridgehead atoms. The summed E-state index contributed by atoms with van der Waals surface area (Å²) in [5.74, 6) is 0. The number of fused-ring (bicyclic) bond motifs is 10. The lowest BCUT2D eigenvalue weighted by Gasteiger charge is -2.22. The van der Waals surface area contributed by atoms with Gasteiger partial charge in [0.1, 0.15) is 0 Å². The monoisotopic (exact) mass is 538 g/mol. The summed E-state index contributed by atoms with van der Waals surface area (Å²) in [5, 5.41) is 8.07. The van der Waals surface area contributed by atoms with Gasteiger partial charge in [-0.15, -0.1) is 11.3 Å². The van der Waals surface area contributed by atoms with E-state index >= 15 is 0 Å². The van der Waals surface area contributed by atoms with Gasteiger partial charge in [-0.2, -0.15) is 0 Å². The molecule has 0 fully saturated rings. The number of benzene rings is 7. The second-order valence-corrected chi connectivity index (χ2v) is 12.2. The van der Waals surface area contributed by atoms with E-state index in [9.17, 15) is 0 Å². The van der Waals surface area contributed by atoms with Gasteiger partial charge in [0.15, 0.2) is 0 Å². The van der Waals surface area contributed by atoms with Crippen LogP contribution in [0.1, 0.15) is 11.1 Å². The molecular formula is C40H26S. The summed E-state index contributed by atoms with van der Waals surface area (Å²) >= 11 is 1.93. The van der Waals surface area contributed by atoms with Gasteiger partial charge < -0.3 is 0 Å². The molecular weight excluding hydrogens is 513 g/mol. The van der Waals surface area contributed by atoms with Gasteiger partial charge in [-0.1, -0.05) is 121 Å². The maximum absolute atomic E-state index is 2.42. The molecule has 8 aromatic rings. The maximum Gasteiger partial charge on any atom is 0.0434 e. The lowest BCUT2D eigenvalue weighted by molar-refractivity contribution is 0.951. The van der Waals surface area contributed by atoms with Gasteiger partial charge >= 0.3 is 0 Å². The Labute approximate surface area is 243 Å². The van der Waals surface area contributed by atoms with Crippen LogP contribution in [0.15, 0.2) is 133 Å². The van der Waals surface area contributed by atoms with Crippen LogP contribution in [-0.4, -0.2) is 0 Å². The van der Waals surface area contributed by atoms with Gasteiger partial charge in [-0.3, -0.25) is 0 Å². The van der Waals surface area contributed by atoms with Crippen LogP contribution < -0.4 is 0 Å². The van der Waals surface area contributed by atoms with Crippen molar-refractivity contribution in [2.75, 3.05) is 0 Å². The largest absolute Gasteiger partial charge is 0.134 e. The Morgan fingerprint density at radius 3 is 2.02 bits per heavy atom. The molecule has 9 rings (SSSR count). The number of rotatable bonds is 2. The number of hydrogen-bond acceptors (Lipinski definition) is 1. The van der Waals surface area contributed by atoms with Gasteiger partial charge in [0.05, 0.1) is 0 Å². The fourth-order valence-corrected chi connectivity index (χ4v) is 8.33. The molecule has 0 unspecified atom stereocenters. The Balaban J connectivity index is 1.19. The highest BCUT2D eigenvalue weighted by Gasteiger charge is 2.19. The molecule has 0 saturated carbocycles. The zero-order chi connectivity index (χ0) is 26.9. The van der Waals surface area contributed by atoms with Crippen molar-refractivity contribution in [1.29, 1.82) is 0 Å². The highest BCUT2D eigenvalue weighted by atomic mass is 32.1. The number of hydrogen-bond donors (Lipinski definition) is 0. The molecule has 1 aromatic heterocycles. The topological polar surface area (TPSA) is 0 Å². The molecule has 0 atom stereocenters. The van der Waals surface area contributed by atoms with Crippen molar-refractivity contribution in [3.63, 3.8) is 0 Å². The third kappa shape index (κ3) is 3.53. The lowest BCUT2D eigenvalue weighted by atomic mass is 9.82. The van der Waals surface area contributed by atoms with Crippen LogP contribution in [0.5, 0.6) is 0 Å². The van der Waals surface area contributed by atoms with Gasteiger partial charge in [-0.05, 0) is 91.0 Å². The third-order valence-corrected chi connectivity index (χ3v) is 10.3. The highest BCUT2D eigenvalue weighted by molar-refractivity contribution is 7.27. The van der Waals surface area contributed by atoms with Crippen molar-refractivity contribution >= 4 is 53.1 Å². The van der Waals surface area contributed by atoms with E-state index in [2.05, 4.69) is 133 Å². The molecule has 0 nitrogen and oxygen atoms in total. The van der Waals surface area contributed by atoms with E-state index in [1.54, 1.807) is 0 Å². The summed E-state index contributed by atoms with van der Waals surface area (Å²) in [6.45, 7) is 0. The van der Waals surface area contributed by atoms with E-state index in [0.29, 0.717) is 0 Å². The molecule has 41 heavy (non-hydrogen) atoms. The van der Waals surface area contributed by atoms with Crippen molar-refractivity contribution in [3.8, 4) is 33.4 Å². The van der Waals surface area contributed by atoms with Crippen molar-refractivity contribution in [2.45, 2.75) is 12.8 Å². The summed E-state index contributed by atoms with van der Waals surface area (Å²) < 4.78 is 2.74. The normalized spacial score (nSPS) is 12.7. The Hall–Kier alpha value is -4.72. The highest BCUT2D eigenvalue weighted by Crippen LogP contribution is 2.44. The van der Waals surface area contributed by atoms with Crippen LogP contribution in [-0.2, 0) is 12.8 Å². The van der Waals surface area contributed by atoms with Crippen molar-refractivity contribution in [3.05, 3.63) is 145 Å². The van der Waals surface area contributed by atoms with Gasteiger partial charge in [0.25, 0.3) is 0 Å². The third-order valence-electron chi connectivity index (χ3n) is 8.98. The predicted molar refractivity (Wildman–Crippen MR) is 178 cm³/mol. The number of thiophene rings is 1. The first kappa shape index (κ1) is 23.0. The van der Waals surface area contributed by atoms with Crippen LogP contribution in [0, 0.1) is 0 Å². The van der Waals surface area contributed by atoms with E-state index in [4.69, 9.17) is 0 Å². The van der Waals surface area contributed by atoms with Crippen LogP contribution in [0.4, 0.5) is 0 Å². The Morgan fingerprint density at radius 2 is 1.10 bits per heavy atom. The molecule has 192 valence electrons. The fraction of sp³-hybridized carbons (Fsp3) is 0.0500. The van der Waals surface area contributed by atoms with Crippen LogP contribution in [0.2, 0.25) is 0 Å². The van der Waals surface area contributed by atoms with E-state index in [1.165, 1.54) is 86.2 Å². The predicted octanol–water partition coefficient (Wildman–Crippen LogP) is 11.5. The van der Waals surface area contributed by atoms with Crippen molar-refractivity contribution < 1.29 is 0 Å². The zero-order valence-corrected chi connectivity index (χ0v) is 23.3. The molecule has 0 aliphatic heterocycles. The van der Waals surface area contributed by atoms with E-state index in [1.807, 2.05) is 11.3 Å². The molecule has 0 spiro atoms. The lowest BCUT2D eigenvalue weighted by Crippen LogP contribution is -2.04. The van der Waals surface area contributed by atoms with Gasteiger partial charge in [-0.25, -0.2) is 0 Å². The molecule has 1 heteroatoms. The molecule has 1 heterocycles. The first-order valence-electron chi connectivity index (χ1n) is 14.4. The van der Waals surface area contributed by atoms with Gasteiger partial charge in [0.2, 0.25) is 0 Å². The fourth-order valence-electron chi connectivity index (χ4n) is 6.96. The molecule has 0 N–H and O–H groups in total. The maximum atomic E-state index is 2.42. The molecule has 0 radical (unpaired) electrons. The minimum absolute atomic E-state index is 1.10. The summed E-state index contributed by atoms with van der Waals surface area (Å²) in [7, 11) is 0. The Kier molecular flexibility index (Phi) is 5.00. The molecule has 1 aliphatic carbocycles. The minimum atomic E-state index is 1.10. The summed E-state index contributed by atoms with van der Waals surface area (Å²) in [6, 6.07) is 49.7. The molecule has 0 amide bonds. The Morgan fingerprint density at radius 1 is 0.390 bits per heavy atom.